The van der Waals surface area contributed by atoms with E-state index in [0.717, 1.165) is 12.8 Å². The molecule has 0 radical (unpaired) electrons. The van der Waals surface area contributed by atoms with Gasteiger partial charge >= 0.3 is 12.5 Å². The van der Waals surface area contributed by atoms with Gasteiger partial charge in [-0.1, -0.05) is 18.9 Å². The molecule has 1 amide bonds. The van der Waals surface area contributed by atoms with Gasteiger partial charge in [0.05, 0.1) is 4.90 Å². The minimum absolute atomic E-state index is 0.0680. The Morgan fingerprint density at radius 2 is 1.97 bits per heavy atom. The largest absolute Gasteiger partial charge is 0.444 e. The lowest BCUT2D eigenvalue weighted by Gasteiger charge is -2.37. The van der Waals surface area contributed by atoms with Crippen LogP contribution in [0.1, 0.15) is 64.3 Å². The highest BCUT2D eigenvalue weighted by Gasteiger charge is 2.44. The van der Waals surface area contributed by atoms with Gasteiger partial charge in [-0.15, -0.1) is 10.2 Å². The number of aromatic nitrogens is 2. The number of hydrogen-bond donors (Lipinski definition) is 1. The molecule has 1 fully saturated rings. The molecule has 0 saturated heterocycles. The quantitative estimate of drug-likeness (QED) is 0.697. The standard InChI is InChI=1S/C21H26F2N4O5S/c1-21(2,3)32-20(28)24-14-6-4-5-7-15(14)27-11-13-9-8-12(10-16(13)33(27,29)30)18-25-26-19(31-18)17(22)23/h8-10,14-15,17H,4-7,11H2,1-3H3,(H,24,28)/t14-,15-/m1/s1. The first-order chi connectivity index (χ1) is 15.5. The molecular weight excluding hydrogens is 458 g/mol. The number of rotatable bonds is 4. The highest BCUT2D eigenvalue weighted by atomic mass is 32.2. The first kappa shape index (κ1) is 23.6. The van der Waals surface area contributed by atoms with Crippen molar-refractivity contribution in [3.63, 3.8) is 0 Å². The lowest BCUT2D eigenvalue weighted by molar-refractivity contribution is 0.0460. The second-order valence-electron chi connectivity index (χ2n) is 9.22. The summed E-state index contributed by atoms with van der Waals surface area (Å²) < 4.78 is 64.1. The van der Waals surface area contributed by atoms with Crippen LogP contribution in [0.5, 0.6) is 0 Å². The van der Waals surface area contributed by atoms with Gasteiger partial charge in [0.25, 0.3) is 5.89 Å². The summed E-state index contributed by atoms with van der Waals surface area (Å²) in [6.07, 6.45) is -0.560. The van der Waals surface area contributed by atoms with Crippen molar-refractivity contribution in [1.29, 1.82) is 0 Å². The van der Waals surface area contributed by atoms with Crippen LogP contribution in [-0.2, 0) is 21.3 Å². The molecule has 0 spiro atoms. The minimum Gasteiger partial charge on any atom is -0.444 e. The third-order valence-electron chi connectivity index (χ3n) is 5.66. The Labute approximate surface area is 190 Å². The van der Waals surface area contributed by atoms with Crippen molar-refractivity contribution in [2.24, 2.45) is 0 Å². The lowest BCUT2D eigenvalue weighted by atomic mass is 9.90. The SMILES string of the molecule is CC(C)(C)OC(=O)N[C@@H]1CCCC[C@H]1N1Cc2ccc(-c3nnc(C(F)F)o3)cc2S1(=O)=O. The molecule has 33 heavy (non-hydrogen) atoms. The van der Waals surface area contributed by atoms with Gasteiger partial charge in [-0.2, -0.15) is 13.1 Å². The number of amides is 1. The topological polar surface area (TPSA) is 115 Å². The summed E-state index contributed by atoms with van der Waals surface area (Å²) in [5.41, 5.74) is 0.152. The summed E-state index contributed by atoms with van der Waals surface area (Å²) in [7, 11) is -3.89. The number of carbonyl (C=O) groups is 1. The normalized spacial score (nSPS) is 22.8. The van der Waals surface area contributed by atoms with Crippen LogP contribution in [0.4, 0.5) is 13.6 Å². The third-order valence-corrected chi connectivity index (χ3v) is 7.61. The number of halogens is 2. The van der Waals surface area contributed by atoms with Crippen molar-refractivity contribution in [1.82, 2.24) is 19.8 Å². The molecule has 2 aromatic rings. The number of nitrogens with zero attached hydrogens (tertiary/aromatic N) is 3. The maximum absolute atomic E-state index is 13.4. The van der Waals surface area contributed by atoms with E-state index in [-0.39, 0.29) is 28.9 Å². The second kappa shape index (κ2) is 8.64. The molecule has 1 aliphatic heterocycles. The third kappa shape index (κ3) is 4.86. The molecule has 2 heterocycles. The Kier molecular flexibility index (Phi) is 6.16. The van der Waals surface area contributed by atoms with Gasteiger partial charge in [0.2, 0.25) is 15.9 Å². The number of fused-ring (bicyclic) bond motifs is 1. The summed E-state index contributed by atoms with van der Waals surface area (Å²) >= 11 is 0. The molecule has 1 saturated carbocycles. The summed E-state index contributed by atoms with van der Waals surface area (Å²) in [6.45, 7) is 5.44. The molecule has 1 aliphatic carbocycles. The Morgan fingerprint density at radius 1 is 1.24 bits per heavy atom. The molecule has 0 unspecified atom stereocenters. The molecule has 1 aromatic carbocycles. The second-order valence-corrected chi connectivity index (χ2v) is 11.1. The van der Waals surface area contributed by atoms with E-state index in [1.54, 1.807) is 32.9 Å². The Morgan fingerprint density at radius 3 is 2.64 bits per heavy atom. The number of nitrogens with one attached hydrogen (secondary N) is 1. The van der Waals surface area contributed by atoms with Crippen LogP contribution in [0.15, 0.2) is 27.5 Å². The summed E-state index contributed by atoms with van der Waals surface area (Å²) in [6, 6.07) is 3.74. The summed E-state index contributed by atoms with van der Waals surface area (Å²) in [5, 5.41) is 9.74. The van der Waals surface area contributed by atoms with Crippen LogP contribution in [0.2, 0.25) is 0 Å². The number of hydrogen-bond acceptors (Lipinski definition) is 7. The van der Waals surface area contributed by atoms with E-state index in [9.17, 15) is 22.0 Å². The van der Waals surface area contributed by atoms with Crippen LogP contribution in [-0.4, -0.2) is 46.7 Å². The van der Waals surface area contributed by atoms with E-state index < -0.39 is 40.1 Å². The van der Waals surface area contributed by atoms with Gasteiger partial charge in [-0.3, -0.25) is 0 Å². The van der Waals surface area contributed by atoms with Gasteiger partial charge in [-0.05, 0) is 51.3 Å². The van der Waals surface area contributed by atoms with Gasteiger partial charge in [0.1, 0.15) is 5.60 Å². The molecule has 1 N–H and O–H groups in total. The zero-order valence-electron chi connectivity index (χ0n) is 18.5. The molecule has 2 aliphatic rings. The summed E-state index contributed by atoms with van der Waals surface area (Å²) in [5.74, 6) is -1.00. The van der Waals surface area contributed by atoms with Gasteiger partial charge < -0.3 is 14.5 Å². The number of benzene rings is 1. The maximum atomic E-state index is 13.4. The monoisotopic (exact) mass is 484 g/mol. The average molecular weight is 485 g/mol. The first-order valence-corrected chi connectivity index (χ1v) is 12.2. The highest BCUT2D eigenvalue weighted by Crippen LogP contribution is 2.38. The van der Waals surface area contributed by atoms with Gasteiger partial charge in [-0.25, -0.2) is 13.2 Å². The Bertz CT molecular complexity index is 1150. The fourth-order valence-corrected chi connectivity index (χ4v) is 6.17. The predicted molar refractivity (Wildman–Crippen MR) is 113 cm³/mol. The van der Waals surface area contributed by atoms with Crippen molar-refractivity contribution < 1.29 is 31.1 Å². The number of carbonyl (C=O) groups excluding carboxylic acids is 1. The zero-order chi connectivity index (χ0) is 24.0. The zero-order valence-corrected chi connectivity index (χ0v) is 19.4. The van der Waals surface area contributed by atoms with Crippen LogP contribution in [0, 0.1) is 0 Å². The molecule has 180 valence electrons. The van der Waals surface area contributed by atoms with E-state index in [0.29, 0.717) is 18.4 Å². The van der Waals surface area contributed by atoms with Crippen molar-refractivity contribution in [2.75, 3.05) is 0 Å². The van der Waals surface area contributed by atoms with Gasteiger partial charge in [0, 0.05) is 24.2 Å². The van der Waals surface area contributed by atoms with Crippen molar-refractivity contribution in [3.05, 3.63) is 29.7 Å². The number of alkyl halides is 2. The molecule has 0 bridgehead atoms. The summed E-state index contributed by atoms with van der Waals surface area (Å²) in [4.78, 5) is 12.4. The number of alkyl carbamates (subject to hydrolysis) is 1. The Hall–Kier alpha value is -2.60. The van der Waals surface area contributed by atoms with Crippen LogP contribution in [0.3, 0.4) is 0 Å². The Balaban J connectivity index is 1.58. The van der Waals surface area contributed by atoms with Crippen molar-refractivity contribution in [3.8, 4) is 11.5 Å². The highest BCUT2D eigenvalue weighted by molar-refractivity contribution is 7.89. The molecule has 4 rings (SSSR count). The van der Waals surface area contributed by atoms with Crippen LogP contribution >= 0.6 is 0 Å². The van der Waals surface area contributed by atoms with E-state index in [1.807, 2.05) is 0 Å². The minimum atomic E-state index is -3.89. The lowest BCUT2D eigenvalue weighted by Crippen LogP contribution is -2.54. The molecule has 9 nitrogen and oxygen atoms in total. The van der Waals surface area contributed by atoms with E-state index >= 15 is 0 Å². The van der Waals surface area contributed by atoms with Crippen LogP contribution < -0.4 is 5.32 Å². The van der Waals surface area contributed by atoms with Crippen molar-refractivity contribution >= 4 is 16.1 Å². The molecule has 1 aromatic heterocycles. The predicted octanol–water partition coefficient (Wildman–Crippen LogP) is 4.01. The van der Waals surface area contributed by atoms with E-state index in [1.165, 1.54) is 10.4 Å². The molecular formula is C21H26F2N4O5S. The number of ether oxygens (including phenoxy) is 1. The van der Waals surface area contributed by atoms with Crippen LogP contribution in [0.25, 0.3) is 11.5 Å². The van der Waals surface area contributed by atoms with Gasteiger partial charge in [0.15, 0.2) is 0 Å². The smallest absolute Gasteiger partial charge is 0.407 e. The van der Waals surface area contributed by atoms with E-state index in [4.69, 9.17) is 9.15 Å². The average Bonchev–Trinajstić information content (AvgIpc) is 3.30. The number of sulfonamides is 1. The molecule has 12 heteroatoms. The van der Waals surface area contributed by atoms with Crippen molar-refractivity contribution in [2.45, 2.75) is 82.0 Å². The fourth-order valence-electron chi connectivity index (χ4n) is 4.26. The fraction of sp³-hybridized carbons (Fsp3) is 0.571. The first-order valence-electron chi connectivity index (χ1n) is 10.7. The van der Waals surface area contributed by atoms with E-state index in [2.05, 4.69) is 15.5 Å². The molecule has 2 atom stereocenters. The maximum Gasteiger partial charge on any atom is 0.407 e.